The number of rotatable bonds is 9. The number of halogens is 1. The van der Waals surface area contributed by atoms with Gasteiger partial charge in [0, 0.05) is 12.6 Å². The molecule has 1 unspecified atom stereocenters. The zero-order chi connectivity index (χ0) is 18.3. The molecule has 6 N–H and O–H groups in total. The van der Waals surface area contributed by atoms with E-state index in [1.165, 1.54) is 0 Å². The van der Waals surface area contributed by atoms with Crippen molar-refractivity contribution < 1.29 is 19.7 Å². The number of hydrogen-bond donors (Lipinski definition) is 4. The molecule has 0 aliphatic rings. The van der Waals surface area contributed by atoms with Gasteiger partial charge in [0.1, 0.15) is 11.7 Å². The van der Waals surface area contributed by atoms with Crippen molar-refractivity contribution in [3.63, 3.8) is 0 Å². The van der Waals surface area contributed by atoms with E-state index in [1.807, 2.05) is 0 Å². The van der Waals surface area contributed by atoms with Crippen molar-refractivity contribution in [3.05, 3.63) is 38.4 Å². The van der Waals surface area contributed by atoms with Gasteiger partial charge in [-0.3, -0.25) is 25.2 Å². The van der Waals surface area contributed by atoms with Gasteiger partial charge < -0.3 is 21.9 Å². The minimum Gasteiger partial charge on any atom is -0.480 e. The molecule has 12 nitrogen and oxygen atoms in total. The first kappa shape index (κ1) is 21.9. The highest BCUT2D eigenvalue weighted by atomic mass is 35.5. The van der Waals surface area contributed by atoms with Gasteiger partial charge in [-0.05, 0) is 18.9 Å². The van der Waals surface area contributed by atoms with Crippen LogP contribution in [0.25, 0.3) is 0 Å². The number of nitro groups is 2. The molecule has 1 aromatic carbocycles. The van der Waals surface area contributed by atoms with E-state index >= 15 is 0 Å². The number of hydrogen-bond acceptors (Lipinski definition) is 7. The van der Waals surface area contributed by atoms with E-state index < -0.39 is 33.2 Å². The smallest absolute Gasteiger partial charge is 0.326 e. The van der Waals surface area contributed by atoms with Gasteiger partial charge in [-0.15, -0.1) is 12.4 Å². The Morgan fingerprint density at radius 3 is 2.40 bits per heavy atom. The van der Waals surface area contributed by atoms with Gasteiger partial charge in [-0.1, -0.05) is 0 Å². The quantitative estimate of drug-likeness (QED) is 0.158. The molecule has 13 heteroatoms. The van der Waals surface area contributed by atoms with E-state index in [0.717, 1.165) is 18.2 Å². The molecule has 0 aliphatic carbocycles. The molecule has 0 bridgehead atoms. The summed E-state index contributed by atoms with van der Waals surface area (Å²) in [5, 5.41) is 33.4. The van der Waals surface area contributed by atoms with Crippen LogP contribution in [0.2, 0.25) is 0 Å². The normalized spacial score (nSPS) is 10.9. The van der Waals surface area contributed by atoms with Crippen LogP contribution in [0, 0.1) is 20.2 Å². The molecule has 0 heterocycles. The number of carbonyl (C=O) groups is 1. The zero-order valence-corrected chi connectivity index (χ0v) is 13.6. The molecule has 138 valence electrons. The Bertz CT molecular complexity index is 678. The number of benzene rings is 1. The molecule has 0 amide bonds. The fourth-order valence-electron chi connectivity index (χ4n) is 1.86. The van der Waals surface area contributed by atoms with E-state index in [9.17, 15) is 30.1 Å². The third kappa shape index (κ3) is 6.87. The van der Waals surface area contributed by atoms with Crippen molar-refractivity contribution in [3.8, 4) is 0 Å². The number of aliphatic carboxylic acids is 1. The second-order valence-electron chi connectivity index (χ2n) is 4.70. The first-order valence-electron chi connectivity index (χ1n) is 6.70. The van der Waals surface area contributed by atoms with Crippen molar-refractivity contribution in [2.24, 2.45) is 16.5 Å². The van der Waals surface area contributed by atoms with E-state index in [2.05, 4.69) is 10.3 Å². The number of anilines is 1. The maximum atomic E-state index is 11.3. The number of aliphatic imine (C=N–C) groups is 1. The van der Waals surface area contributed by atoms with Crippen LogP contribution >= 0.6 is 12.4 Å². The number of non-ortho nitro benzene ring substituents is 1. The van der Waals surface area contributed by atoms with Crippen LogP contribution in [0.15, 0.2) is 23.2 Å². The van der Waals surface area contributed by atoms with E-state index in [0.29, 0.717) is 6.42 Å². The highest BCUT2D eigenvalue weighted by molar-refractivity contribution is 5.85. The van der Waals surface area contributed by atoms with Gasteiger partial charge in [0.05, 0.1) is 15.9 Å². The lowest BCUT2D eigenvalue weighted by Gasteiger charge is -2.15. The van der Waals surface area contributed by atoms with Gasteiger partial charge in [0.25, 0.3) is 11.4 Å². The van der Waals surface area contributed by atoms with Crippen molar-refractivity contribution in [2.75, 3.05) is 11.9 Å². The Morgan fingerprint density at radius 2 is 1.92 bits per heavy atom. The predicted octanol–water partition coefficient (Wildman–Crippen LogP) is 0.843. The summed E-state index contributed by atoms with van der Waals surface area (Å²) in [6.45, 7) is 0.205. The van der Waals surface area contributed by atoms with Crippen LogP contribution in [0.1, 0.15) is 12.8 Å². The second kappa shape index (κ2) is 9.87. The Labute approximate surface area is 147 Å². The lowest BCUT2D eigenvalue weighted by atomic mass is 10.1. The van der Waals surface area contributed by atoms with Crippen molar-refractivity contribution in [1.29, 1.82) is 0 Å². The number of nitrogens with zero attached hydrogens (tertiary/aromatic N) is 3. The summed E-state index contributed by atoms with van der Waals surface area (Å²) in [7, 11) is 0. The molecule has 0 radical (unpaired) electrons. The standard InChI is InChI=1S/C12H16N6O6.ClH/c13-12(14)15-5-1-2-9(11(19)20)16-8-4-3-7(17(21)22)6-10(8)18(23)24;/h3-4,6,9,16H,1-2,5H2,(H,19,20)(H4,13,14,15);1H. The van der Waals surface area contributed by atoms with Crippen LogP contribution in [-0.2, 0) is 4.79 Å². The minimum absolute atomic E-state index is 0. The van der Waals surface area contributed by atoms with Crippen LogP contribution in [-0.4, -0.2) is 39.5 Å². The van der Waals surface area contributed by atoms with Crippen molar-refractivity contribution in [1.82, 2.24) is 0 Å². The molecule has 0 aromatic heterocycles. The van der Waals surface area contributed by atoms with Gasteiger partial charge in [-0.2, -0.15) is 0 Å². The van der Waals surface area contributed by atoms with Crippen LogP contribution in [0.3, 0.4) is 0 Å². The fraction of sp³-hybridized carbons (Fsp3) is 0.333. The highest BCUT2D eigenvalue weighted by Crippen LogP contribution is 2.29. The molecule has 0 saturated heterocycles. The lowest BCUT2D eigenvalue weighted by molar-refractivity contribution is -0.393. The number of nitro benzene ring substituents is 2. The van der Waals surface area contributed by atoms with E-state index in [-0.39, 0.29) is 37.0 Å². The first-order chi connectivity index (χ1) is 11.2. The largest absolute Gasteiger partial charge is 0.480 e. The Balaban J connectivity index is 0.00000576. The second-order valence-corrected chi connectivity index (χ2v) is 4.70. The molecule has 25 heavy (non-hydrogen) atoms. The summed E-state index contributed by atoms with van der Waals surface area (Å²) >= 11 is 0. The molecule has 0 fully saturated rings. The topological polar surface area (TPSA) is 200 Å². The molecular weight excluding hydrogens is 360 g/mol. The van der Waals surface area contributed by atoms with Crippen LogP contribution in [0.4, 0.5) is 17.1 Å². The summed E-state index contributed by atoms with van der Waals surface area (Å²) in [4.78, 5) is 35.1. The summed E-state index contributed by atoms with van der Waals surface area (Å²) in [5.41, 5.74) is 9.13. The lowest BCUT2D eigenvalue weighted by Crippen LogP contribution is -2.30. The van der Waals surface area contributed by atoms with Crippen molar-refractivity contribution in [2.45, 2.75) is 18.9 Å². The summed E-state index contributed by atoms with van der Waals surface area (Å²) < 4.78 is 0. The number of carboxylic acid groups (broad SMARTS) is 1. The molecule has 0 saturated carbocycles. The maximum Gasteiger partial charge on any atom is 0.326 e. The SMILES string of the molecule is Cl.NC(N)=NCCCC(Nc1ccc([N+](=O)[O-])cc1[N+](=O)[O-])C(=O)O. The Hall–Kier alpha value is -3.15. The number of nitrogens with two attached hydrogens (primary N) is 2. The number of carboxylic acids is 1. The Kier molecular flexibility index (Phi) is 8.63. The van der Waals surface area contributed by atoms with Gasteiger partial charge in [0.2, 0.25) is 0 Å². The third-order valence-corrected chi connectivity index (χ3v) is 2.96. The van der Waals surface area contributed by atoms with Gasteiger partial charge >= 0.3 is 5.97 Å². The molecule has 1 atom stereocenters. The molecule has 0 aliphatic heterocycles. The molecule has 0 spiro atoms. The summed E-state index contributed by atoms with van der Waals surface area (Å²) in [5.74, 6) is -1.35. The van der Waals surface area contributed by atoms with Gasteiger partial charge in [0.15, 0.2) is 5.96 Å². The minimum atomic E-state index is -1.23. The maximum absolute atomic E-state index is 11.3. The highest BCUT2D eigenvalue weighted by Gasteiger charge is 2.24. The van der Waals surface area contributed by atoms with Crippen LogP contribution < -0.4 is 16.8 Å². The van der Waals surface area contributed by atoms with E-state index in [4.69, 9.17) is 11.5 Å². The number of nitrogens with one attached hydrogen (secondary N) is 1. The summed E-state index contributed by atoms with van der Waals surface area (Å²) in [6.07, 6.45) is 0.420. The zero-order valence-electron chi connectivity index (χ0n) is 12.8. The average Bonchev–Trinajstić information content (AvgIpc) is 2.49. The van der Waals surface area contributed by atoms with Crippen molar-refractivity contribution >= 4 is 41.4 Å². The first-order valence-corrected chi connectivity index (χ1v) is 6.70. The van der Waals surface area contributed by atoms with Gasteiger partial charge in [-0.25, -0.2) is 4.79 Å². The summed E-state index contributed by atoms with van der Waals surface area (Å²) in [6, 6.07) is 1.77. The monoisotopic (exact) mass is 376 g/mol. The molecule has 1 rings (SSSR count). The molecule has 1 aromatic rings. The Morgan fingerprint density at radius 1 is 1.28 bits per heavy atom. The molecular formula is C12H17ClN6O6. The van der Waals surface area contributed by atoms with E-state index in [1.54, 1.807) is 0 Å². The number of guanidine groups is 1. The average molecular weight is 377 g/mol. The third-order valence-electron chi connectivity index (χ3n) is 2.96. The van der Waals surface area contributed by atoms with Crippen LogP contribution in [0.5, 0.6) is 0 Å². The predicted molar refractivity (Wildman–Crippen MR) is 92.0 cm³/mol. The fourth-order valence-corrected chi connectivity index (χ4v) is 1.86.